The lowest BCUT2D eigenvalue weighted by atomic mass is 9.12. The van der Waals surface area contributed by atoms with Crippen molar-refractivity contribution < 1.29 is 43.9 Å². The SMILES string of the molecule is Fc1c(F)c(F)c([B-](C#Cc2ccccc2)(c2c(F)c(F)c(F)c(F)c2F)[C@@H]2CCC[C@@H]2N2CCCCC2)c(F)c1F. The molecule has 222 valence electrons. The first-order chi connectivity index (χ1) is 20.0. The van der Waals surface area contributed by atoms with Gasteiger partial charge in [-0.2, -0.15) is 0 Å². The lowest BCUT2D eigenvalue weighted by Gasteiger charge is -2.49. The predicted molar refractivity (Wildman–Crippen MR) is 138 cm³/mol. The number of rotatable bonds is 4. The molecule has 0 amide bonds. The highest BCUT2D eigenvalue weighted by Crippen LogP contribution is 2.44. The summed E-state index contributed by atoms with van der Waals surface area (Å²) in [7, 11) is 0. The molecule has 5 rings (SSSR count). The highest BCUT2D eigenvalue weighted by molar-refractivity contribution is 7.09. The van der Waals surface area contributed by atoms with Crippen LogP contribution in [0, 0.1) is 69.9 Å². The van der Waals surface area contributed by atoms with Crippen molar-refractivity contribution >= 4 is 17.1 Å². The summed E-state index contributed by atoms with van der Waals surface area (Å²) in [5.41, 5.74) is -3.29. The van der Waals surface area contributed by atoms with Crippen molar-refractivity contribution in [3.63, 3.8) is 0 Å². The minimum atomic E-state index is -4.23. The van der Waals surface area contributed by atoms with Gasteiger partial charge in [0.1, 0.15) is 29.4 Å². The Labute approximate surface area is 235 Å². The summed E-state index contributed by atoms with van der Waals surface area (Å²) >= 11 is 0. The summed E-state index contributed by atoms with van der Waals surface area (Å²) in [6.07, 6.45) is -1.50. The van der Waals surface area contributed by atoms with Gasteiger partial charge >= 0.3 is 0 Å². The Bertz CT molecular complexity index is 1450. The summed E-state index contributed by atoms with van der Waals surface area (Å²) in [4.78, 5) is 1.87. The second-order valence-electron chi connectivity index (χ2n) is 10.8. The molecule has 0 bridgehead atoms. The van der Waals surface area contributed by atoms with Gasteiger partial charge in [0.25, 0.3) is 0 Å². The fourth-order valence-corrected chi connectivity index (χ4v) is 6.84. The average molecular weight is 598 g/mol. The molecule has 1 nitrogen and oxygen atoms in total. The molecule has 0 radical (unpaired) electrons. The number of benzene rings is 3. The standard InChI is InChI=1S/C30H23BF10N/c32-21-19(22(33)26(37)29(40)25(21)36)31(13-12-16-8-3-1-4-9-16,20-23(34)27(38)30(41)28(39)24(20)35)17-10-7-11-18(17)42-14-5-2-6-15-42/h1,3-4,8-9,17-18H,2,5-7,10-11,14-15H2/q-1/t17-,18+/m1/s1. The summed E-state index contributed by atoms with van der Waals surface area (Å²) < 4.78 is 151. The largest absolute Gasteiger partial charge is 0.303 e. The Kier molecular flexibility index (Phi) is 8.34. The molecule has 0 unspecified atom stereocenters. The first kappa shape index (κ1) is 30.0. The maximum atomic E-state index is 15.8. The molecule has 1 saturated heterocycles. The zero-order valence-electron chi connectivity index (χ0n) is 22.0. The second-order valence-corrected chi connectivity index (χ2v) is 10.8. The van der Waals surface area contributed by atoms with Crippen LogP contribution in [0.25, 0.3) is 0 Å². The predicted octanol–water partition coefficient (Wildman–Crippen LogP) is 6.64. The third kappa shape index (κ3) is 4.75. The molecule has 1 aliphatic carbocycles. The van der Waals surface area contributed by atoms with Crippen LogP contribution in [0.3, 0.4) is 0 Å². The van der Waals surface area contributed by atoms with Crippen molar-refractivity contribution in [1.29, 1.82) is 0 Å². The van der Waals surface area contributed by atoms with E-state index in [1.165, 1.54) is 24.3 Å². The number of likely N-dealkylation sites (tertiary alicyclic amines) is 1. The molecule has 0 spiro atoms. The summed E-state index contributed by atoms with van der Waals surface area (Å²) in [6, 6.07) is 6.63. The van der Waals surface area contributed by atoms with Gasteiger partial charge < -0.3 is 4.90 Å². The van der Waals surface area contributed by atoms with E-state index in [2.05, 4.69) is 11.7 Å². The van der Waals surface area contributed by atoms with Gasteiger partial charge in [-0.1, -0.05) is 37.5 Å². The highest BCUT2D eigenvalue weighted by Gasteiger charge is 2.50. The molecule has 2 atom stereocenters. The van der Waals surface area contributed by atoms with Gasteiger partial charge in [-0.05, 0) is 50.5 Å². The van der Waals surface area contributed by atoms with Crippen molar-refractivity contribution in [1.82, 2.24) is 4.90 Å². The lowest BCUT2D eigenvalue weighted by Crippen LogP contribution is -2.68. The van der Waals surface area contributed by atoms with E-state index in [9.17, 15) is 26.3 Å². The zero-order valence-corrected chi connectivity index (χ0v) is 22.0. The van der Waals surface area contributed by atoms with Crippen LogP contribution < -0.4 is 10.9 Å². The number of hydrogen-bond acceptors (Lipinski definition) is 1. The van der Waals surface area contributed by atoms with Crippen LogP contribution in [0.1, 0.15) is 44.1 Å². The molecule has 3 aromatic rings. The van der Waals surface area contributed by atoms with Crippen LogP contribution >= 0.6 is 0 Å². The van der Waals surface area contributed by atoms with Gasteiger partial charge in [-0.15, -0.1) is 22.7 Å². The number of piperidine rings is 1. The summed E-state index contributed by atoms with van der Waals surface area (Å²) in [5, 5.41) is 0. The minimum Gasteiger partial charge on any atom is -0.303 e. The Morgan fingerprint density at radius 3 is 1.48 bits per heavy atom. The van der Waals surface area contributed by atoms with Crippen molar-refractivity contribution in [2.24, 2.45) is 0 Å². The summed E-state index contributed by atoms with van der Waals surface area (Å²) in [5.74, 6) is -21.0. The van der Waals surface area contributed by atoms with Crippen LogP contribution in [0.4, 0.5) is 43.9 Å². The third-order valence-electron chi connectivity index (χ3n) is 8.65. The normalized spacial score (nSPS) is 19.6. The van der Waals surface area contributed by atoms with Gasteiger partial charge in [-0.25, -0.2) is 43.9 Å². The van der Waals surface area contributed by atoms with E-state index in [0.29, 0.717) is 25.9 Å². The molecule has 1 aliphatic heterocycles. The van der Waals surface area contributed by atoms with Crippen molar-refractivity contribution in [3.05, 3.63) is 94.1 Å². The van der Waals surface area contributed by atoms with Gasteiger partial charge in [0, 0.05) is 5.56 Å². The van der Waals surface area contributed by atoms with Crippen LogP contribution in [-0.2, 0) is 0 Å². The number of nitrogens with zero attached hydrogens (tertiary/aromatic N) is 1. The molecule has 2 aliphatic rings. The van der Waals surface area contributed by atoms with Crippen LogP contribution in [0.5, 0.6) is 0 Å². The Morgan fingerprint density at radius 1 is 0.548 bits per heavy atom. The molecule has 0 aromatic heterocycles. The van der Waals surface area contributed by atoms with Crippen molar-refractivity contribution in [3.8, 4) is 11.7 Å². The van der Waals surface area contributed by atoms with E-state index in [1.54, 1.807) is 6.07 Å². The monoisotopic (exact) mass is 598 g/mol. The van der Waals surface area contributed by atoms with Crippen LogP contribution in [-0.4, -0.2) is 30.2 Å². The molecule has 12 heteroatoms. The second kappa shape index (κ2) is 11.7. The van der Waals surface area contributed by atoms with E-state index >= 15 is 17.6 Å². The number of hydrogen-bond donors (Lipinski definition) is 0. The van der Waals surface area contributed by atoms with E-state index in [4.69, 9.17) is 0 Å². The van der Waals surface area contributed by atoms with Gasteiger partial charge in [0.15, 0.2) is 34.9 Å². The smallest absolute Gasteiger partial charge is 0.200 e. The first-order valence-corrected chi connectivity index (χ1v) is 13.5. The van der Waals surface area contributed by atoms with Gasteiger partial charge in [0.05, 0.1) is 0 Å². The average Bonchev–Trinajstić information content (AvgIpc) is 3.51. The minimum absolute atomic E-state index is 0.0936. The maximum absolute atomic E-state index is 15.8. The fourth-order valence-electron chi connectivity index (χ4n) is 6.84. The van der Waals surface area contributed by atoms with Gasteiger partial charge in [0.2, 0.25) is 0 Å². The lowest BCUT2D eigenvalue weighted by molar-refractivity contribution is 0.164. The molecule has 2 fully saturated rings. The van der Waals surface area contributed by atoms with E-state index < -0.39 is 87.1 Å². The van der Waals surface area contributed by atoms with Gasteiger partial charge in [-0.3, -0.25) is 5.82 Å². The van der Waals surface area contributed by atoms with E-state index in [0.717, 1.165) is 6.42 Å². The maximum Gasteiger partial charge on any atom is 0.200 e. The van der Waals surface area contributed by atoms with E-state index in [-0.39, 0.29) is 24.8 Å². The molecular weight excluding hydrogens is 575 g/mol. The summed E-state index contributed by atoms with van der Waals surface area (Å²) in [6.45, 7) is 0.904. The first-order valence-electron chi connectivity index (χ1n) is 13.5. The highest BCUT2D eigenvalue weighted by atomic mass is 19.2. The third-order valence-corrected chi connectivity index (χ3v) is 8.65. The molecule has 0 N–H and O–H groups in total. The van der Waals surface area contributed by atoms with Crippen LogP contribution in [0.2, 0.25) is 5.82 Å². The zero-order chi connectivity index (χ0) is 30.3. The van der Waals surface area contributed by atoms with Crippen molar-refractivity contribution in [2.45, 2.75) is 50.4 Å². The molecule has 1 heterocycles. The Hall–Kier alpha value is -3.46. The molecule has 3 aromatic carbocycles. The van der Waals surface area contributed by atoms with Crippen LogP contribution in [0.15, 0.2) is 30.3 Å². The molecule has 1 saturated carbocycles. The Balaban J connectivity index is 1.97. The Morgan fingerprint density at radius 2 is 1.00 bits per heavy atom. The topological polar surface area (TPSA) is 3.24 Å². The molecule has 42 heavy (non-hydrogen) atoms. The van der Waals surface area contributed by atoms with E-state index in [1.807, 2.05) is 4.90 Å². The number of halogens is 10. The molecular formula is C30H23BF10N-. The fraction of sp³-hybridized carbons (Fsp3) is 0.333. The quantitative estimate of drug-likeness (QED) is 0.107. The van der Waals surface area contributed by atoms with Crippen molar-refractivity contribution in [2.75, 3.05) is 13.1 Å².